The van der Waals surface area contributed by atoms with Crippen molar-refractivity contribution in [3.63, 3.8) is 0 Å². The molecule has 68 heavy (non-hydrogen) atoms. The Bertz CT molecular complexity index is 3170. The van der Waals surface area contributed by atoms with E-state index in [0.717, 1.165) is 33.9 Å². The van der Waals surface area contributed by atoms with Crippen molar-refractivity contribution in [3.05, 3.63) is 193 Å². The standard InChI is InChI=1S/C64H58N4/c1-61-37-15-17-39-63(61,3)67(45-21-7-5-8-22-45)57-35-33-43(41-51(57)61)53-29-19-31-55(65-53)59-47-25-11-13-27-49(47)60(50-28-14-12-26-48(50)59)56-32-20-30-54(66-56)44-34-36-58-52(42-44)62(2)38-16-18-40-64(62,4)68(58)46-23-9-6-10-24-46/h5-14,19-36,41-42H,15-18,37-40H2,1-4H3. The molecule has 2 aromatic heterocycles. The van der Waals surface area contributed by atoms with E-state index in [4.69, 9.17) is 9.97 Å². The van der Waals surface area contributed by atoms with E-state index in [0.29, 0.717) is 0 Å². The van der Waals surface area contributed by atoms with Crippen molar-refractivity contribution in [3.8, 4) is 45.0 Å². The number of rotatable bonds is 6. The van der Waals surface area contributed by atoms with Gasteiger partial charge in [-0.3, -0.25) is 0 Å². The van der Waals surface area contributed by atoms with Crippen molar-refractivity contribution in [2.45, 2.75) is 101 Å². The van der Waals surface area contributed by atoms with E-state index in [1.165, 1.54) is 118 Å². The van der Waals surface area contributed by atoms with Crippen LogP contribution in [0, 0.1) is 0 Å². The predicted octanol–water partition coefficient (Wildman–Crippen LogP) is 16.9. The van der Waals surface area contributed by atoms with Crippen LogP contribution in [0.1, 0.15) is 90.2 Å². The second-order valence-electron chi connectivity index (χ2n) is 21.1. The normalized spacial score (nSPS) is 23.9. The number of pyridine rings is 2. The number of aromatic nitrogens is 2. The van der Waals surface area contributed by atoms with E-state index in [9.17, 15) is 0 Å². The monoisotopic (exact) mass is 882 g/mol. The number of hydrogen-bond acceptors (Lipinski definition) is 4. The molecule has 334 valence electrons. The summed E-state index contributed by atoms with van der Waals surface area (Å²) in [5, 5.41) is 4.72. The van der Waals surface area contributed by atoms with Gasteiger partial charge in [0.15, 0.2) is 0 Å². The van der Waals surface area contributed by atoms with Crippen molar-refractivity contribution in [2.75, 3.05) is 9.80 Å². The van der Waals surface area contributed by atoms with E-state index >= 15 is 0 Å². The van der Waals surface area contributed by atoms with Gasteiger partial charge in [0.25, 0.3) is 0 Å². The molecule has 0 radical (unpaired) electrons. The van der Waals surface area contributed by atoms with Crippen molar-refractivity contribution < 1.29 is 0 Å². The molecule has 4 nitrogen and oxygen atoms in total. The van der Waals surface area contributed by atoms with E-state index in [-0.39, 0.29) is 21.9 Å². The lowest BCUT2D eigenvalue weighted by molar-refractivity contribution is 0.195. The van der Waals surface area contributed by atoms with Crippen LogP contribution in [0.4, 0.5) is 22.7 Å². The quantitative estimate of drug-likeness (QED) is 0.156. The van der Waals surface area contributed by atoms with Gasteiger partial charge in [0.2, 0.25) is 0 Å². The maximum absolute atomic E-state index is 5.58. The summed E-state index contributed by atoms with van der Waals surface area (Å²) in [6.45, 7) is 10.0. The molecular weight excluding hydrogens is 825 g/mol. The fraction of sp³-hybridized carbons (Fsp3) is 0.250. The molecule has 0 bridgehead atoms. The summed E-state index contributed by atoms with van der Waals surface area (Å²) in [5.74, 6) is 0. The Labute approximate surface area is 401 Å². The van der Waals surface area contributed by atoms with Crippen LogP contribution >= 0.6 is 0 Å². The minimum Gasteiger partial charge on any atom is -0.334 e. The Hall–Kier alpha value is -7.04. The zero-order valence-corrected chi connectivity index (χ0v) is 39.8. The first-order valence-corrected chi connectivity index (χ1v) is 25.1. The van der Waals surface area contributed by atoms with Gasteiger partial charge in [-0.25, -0.2) is 9.97 Å². The van der Waals surface area contributed by atoms with Gasteiger partial charge in [-0.1, -0.05) is 149 Å². The number of nitrogens with zero attached hydrogens (tertiary/aromatic N) is 4. The molecule has 0 saturated heterocycles. The Kier molecular flexibility index (Phi) is 9.23. The fourth-order valence-corrected chi connectivity index (χ4v) is 13.9. The van der Waals surface area contributed by atoms with Crippen LogP contribution in [-0.2, 0) is 10.8 Å². The predicted molar refractivity (Wildman–Crippen MR) is 284 cm³/mol. The molecule has 0 spiro atoms. The second kappa shape index (κ2) is 15.2. The van der Waals surface area contributed by atoms with Crippen LogP contribution in [0.5, 0.6) is 0 Å². The van der Waals surface area contributed by atoms with Gasteiger partial charge in [0.1, 0.15) is 0 Å². The number of benzene rings is 7. The maximum atomic E-state index is 5.58. The zero-order valence-electron chi connectivity index (χ0n) is 39.8. The van der Waals surface area contributed by atoms with Crippen molar-refractivity contribution in [2.24, 2.45) is 0 Å². The highest BCUT2D eigenvalue weighted by Crippen LogP contribution is 2.63. The van der Waals surface area contributed by atoms with Gasteiger partial charge in [0.05, 0.1) is 33.9 Å². The molecule has 4 heterocycles. The SMILES string of the molecule is CC12CCCCC1(C)N(c1ccccc1)c1ccc(-c3cccc(-c4c5ccccc5c(-c5cccc(-c6ccc7c(c6)C6(C)CCCCC6(C)N7c6ccccc6)n5)c5ccccc45)n3)cc12. The third-order valence-corrected chi connectivity index (χ3v) is 17.8. The molecule has 2 aliphatic carbocycles. The van der Waals surface area contributed by atoms with Gasteiger partial charge < -0.3 is 9.80 Å². The third kappa shape index (κ3) is 5.79. The van der Waals surface area contributed by atoms with Crippen LogP contribution in [-0.4, -0.2) is 21.0 Å². The first-order chi connectivity index (χ1) is 33.2. The highest BCUT2D eigenvalue weighted by atomic mass is 15.3. The Morgan fingerprint density at radius 1 is 0.353 bits per heavy atom. The Morgan fingerprint density at radius 3 is 1.10 bits per heavy atom. The van der Waals surface area contributed by atoms with Crippen LogP contribution in [0.15, 0.2) is 182 Å². The van der Waals surface area contributed by atoms with Gasteiger partial charge in [-0.05, 0) is 145 Å². The fourth-order valence-electron chi connectivity index (χ4n) is 13.9. The lowest BCUT2D eigenvalue weighted by Gasteiger charge is -2.50. The van der Waals surface area contributed by atoms with Crippen molar-refractivity contribution in [1.29, 1.82) is 0 Å². The van der Waals surface area contributed by atoms with E-state index in [2.05, 4.69) is 219 Å². The summed E-state index contributed by atoms with van der Waals surface area (Å²) < 4.78 is 0. The highest BCUT2D eigenvalue weighted by molar-refractivity contribution is 6.20. The topological polar surface area (TPSA) is 32.3 Å². The average Bonchev–Trinajstić information content (AvgIpc) is 3.73. The smallest absolute Gasteiger partial charge is 0.0722 e. The number of fused-ring (bicyclic) bond motifs is 8. The molecule has 0 N–H and O–H groups in total. The van der Waals surface area contributed by atoms with Crippen LogP contribution in [0.2, 0.25) is 0 Å². The molecule has 4 atom stereocenters. The van der Waals surface area contributed by atoms with Gasteiger partial charge >= 0.3 is 0 Å². The van der Waals surface area contributed by atoms with Gasteiger partial charge in [-0.15, -0.1) is 0 Å². The largest absolute Gasteiger partial charge is 0.334 e. The lowest BCUT2D eigenvalue weighted by Crippen LogP contribution is -2.54. The summed E-state index contributed by atoms with van der Waals surface area (Å²) in [6.07, 6.45) is 9.72. The molecule has 4 unspecified atom stereocenters. The Balaban J connectivity index is 0.918. The first-order valence-electron chi connectivity index (χ1n) is 25.1. The summed E-state index contributed by atoms with van der Waals surface area (Å²) in [6, 6.07) is 67.3. The molecule has 2 fully saturated rings. The van der Waals surface area contributed by atoms with E-state index in [1.54, 1.807) is 0 Å². The minimum absolute atomic E-state index is 0.00217. The molecule has 0 amide bonds. The maximum Gasteiger partial charge on any atom is 0.0722 e. The zero-order chi connectivity index (χ0) is 45.8. The van der Waals surface area contributed by atoms with Crippen LogP contribution in [0.25, 0.3) is 66.6 Å². The molecule has 7 aromatic carbocycles. The number of para-hydroxylation sites is 2. The van der Waals surface area contributed by atoms with E-state index in [1.807, 2.05) is 0 Å². The average molecular weight is 883 g/mol. The van der Waals surface area contributed by atoms with Crippen molar-refractivity contribution >= 4 is 44.3 Å². The number of anilines is 4. The summed E-state index contributed by atoms with van der Waals surface area (Å²) in [5.41, 5.74) is 16.8. The molecular formula is C64H58N4. The highest BCUT2D eigenvalue weighted by Gasteiger charge is 2.59. The first kappa shape index (κ1) is 41.2. The second-order valence-corrected chi connectivity index (χ2v) is 21.1. The lowest BCUT2D eigenvalue weighted by atomic mass is 9.61. The summed E-state index contributed by atoms with van der Waals surface area (Å²) in [4.78, 5) is 16.5. The third-order valence-electron chi connectivity index (χ3n) is 17.8. The van der Waals surface area contributed by atoms with Gasteiger partial charge in [-0.2, -0.15) is 0 Å². The summed E-state index contributed by atoms with van der Waals surface area (Å²) >= 11 is 0. The molecule has 4 heteroatoms. The van der Waals surface area contributed by atoms with Gasteiger partial charge in [0, 0.05) is 55.8 Å². The molecule has 2 aliphatic heterocycles. The number of hydrogen-bond donors (Lipinski definition) is 0. The Morgan fingerprint density at radius 2 is 0.706 bits per heavy atom. The molecule has 9 aromatic rings. The molecule has 4 aliphatic rings. The van der Waals surface area contributed by atoms with Crippen molar-refractivity contribution in [1.82, 2.24) is 9.97 Å². The van der Waals surface area contributed by atoms with Crippen LogP contribution < -0.4 is 9.80 Å². The molecule has 13 rings (SSSR count). The van der Waals surface area contributed by atoms with E-state index < -0.39 is 0 Å². The summed E-state index contributed by atoms with van der Waals surface area (Å²) in [7, 11) is 0. The minimum atomic E-state index is -0.00217. The molecule has 2 saturated carbocycles. The van der Waals surface area contributed by atoms with Crippen LogP contribution in [0.3, 0.4) is 0 Å².